The van der Waals surface area contributed by atoms with Gasteiger partial charge in [-0.15, -0.1) is 0 Å². The predicted octanol–water partition coefficient (Wildman–Crippen LogP) is 11.9. The van der Waals surface area contributed by atoms with E-state index in [9.17, 15) is 0 Å². The smallest absolute Gasteiger partial charge is 0.0728 e. The second kappa shape index (κ2) is 12.5. The van der Waals surface area contributed by atoms with Gasteiger partial charge in [-0.3, -0.25) is 20.0 Å². The molecule has 1 unspecified atom stereocenters. The Morgan fingerprint density at radius 1 is 0.440 bits per heavy atom. The molecule has 6 aromatic carbocycles. The van der Waals surface area contributed by atoms with Crippen LogP contribution in [0.25, 0.3) is 34.4 Å². The normalized spacial score (nSPS) is 15.4. The van der Waals surface area contributed by atoms with Crippen molar-refractivity contribution in [3.05, 3.63) is 179 Å². The van der Waals surface area contributed by atoms with E-state index in [2.05, 4.69) is 116 Å². The van der Waals surface area contributed by atoms with E-state index < -0.39 is 5.41 Å². The van der Waals surface area contributed by atoms with Crippen LogP contribution in [0.1, 0.15) is 51.4 Å². The van der Waals surface area contributed by atoms with Gasteiger partial charge >= 0.3 is 0 Å². The Morgan fingerprint density at radius 3 is 1.14 bits per heavy atom. The third kappa shape index (κ3) is 5.01. The Hall–Kier alpha value is -6.52. The number of fused-ring (bicyclic) bond motifs is 10. The van der Waals surface area contributed by atoms with Crippen LogP contribution in [0.2, 0.25) is 0 Å². The standard InChI is InChI=1S/C46H34N4/c1-5-30-8-12-32(13-9-30)28-49-36-18-22-40-38-20-16-34(47-4)24-42(38)46(44(40)26-36)43-25-35(48-7-3)17-21-39(43)41-23-19-37(27-45(41)46)50-29-33-14-10-31(6-2)11-15-33/h5-29H,1-2,4H2,3H3. The van der Waals surface area contributed by atoms with Crippen molar-refractivity contribution >= 4 is 60.3 Å². The number of benzene rings is 6. The monoisotopic (exact) mass is 642 g/mol. The molecule has 0 aromatic heterocycles. The van der Waals surface area contributed by atoms with Crippen LogP contribution in [0.5, 0.6) is 0 Å². The Morgan fingerprint density at radius 2 is 0.780 bits per heavy atom. The molecule has 0 fully saturated rings. The summed E-state index contributed by atoms with van der Waals surface area (Å²) in [7, 11) is 0. The van der Waals surface area contributed by atoms with Gasteiger partial charge in [-0.2, -0.15) is 0 Å². The second-order valence-electron chi connectivity index (χ2n) is 12.5. The summed E-state index contributed by atoms with van der Waals surface area (Å²) in [5.41, 5.74) is 16.4. The van der Waals surface area contributed by atoms with Gasteiger partial charge in [0.2, 0.25) is 0 Å². The average Bonchev–Trinajstić information content (AvgIpc) is 3.62. The van der Waals surface area contributed by atoms with Crippen molar-refractivity contribution in [3.8, 4) is 22.3 Å². The van der Waals surface area contributed by atoms with Gasteiger partial charge in [-0.1, -0.05) is 98.1 Å². The highest BCUT2D eigenvalue weighted by Crippen LogP contribution is 2.64. The highest BCUT2D eigenvalue weighted by molar-refractivity contribution is 5.98. The number of rotatable bonds is 8. The van der Waals surface area contributed by atoms with Crippen LogP contribution in [0.4, 0.5) is 22.7 Å². The molecule has 1 atom stereocenters. The molecular weight excluding hydrogens is 609 g/mol. The van der Waals surface area contributed by atoms with E-state index in [0.29, 0.717) is 0 Å². The van der Waals surface area contributed by atoms with E-state index in [-0.39, 0.29) is 0 Å². The maximum Gasteiger partial charge on any atom is 0.0728 e. The van der Waals surface area contributed by atoms with Gasteiger partial charge in [-0.25, -0.2) is 0 Å². The molecule has 0 radical (unpaired) electrons. The SMILES string of the molecule is C=Cc1ccc(C=Nc2ccc3c(c2)C2(c4cc(N=C)ccc4-3)c3cc(N=CC)ccc3-c3ccc(N=Cc4ccc(C=C)cc4)cc32)cc1. The van der Waals surface area contributed by atoms with Crippen LogP contribution < -0.4 is 0 Å². The predicted molar refractivity (Wildman–Crippen MR) is 213 cm³/mol. The van der Waals surface area contributed by atoms with Gasteiger partial charge in [0.05, 0.1) is 28.2 Å². The molecule has 0 amide bonds. The molecule has 0 aliphatic heterocycles. The Labute approximate surface area is 293 Å². The van der Waals surface area contributed by atoms with Crippen molar-refractivity contribution in [2.24, 2.45) is 20.0 Å². The molecule has 2 aliphatic rings. The lowest BCUT2D eigenvalue weighted by atomic mass is 9.70. The number of aliphatic imine (C=N–C) groups is 4. The summed E-state index contributed by atoms with van der Waals surface area (Å²) in [6.45, 7) is 13.6. The second-order valence-corrected chi connectivity index (χ2v) is 12.5. The summed E-state index contributed by atoms with van der Waals surface area (Å²) in [6, 6.07) is 42.5. The number of hydrogen-bond donors (Lipinski definition) is 0. The van der Waals surface area contributed by atoms with Crippen LogP contribution in [-0.2, 0) is 5.41 Å². The van der Waals surface area contributed by atoms with Gasteiger partial charge < -0.3 is 0 Å². The molecule has 4 nitrogen and oxygen atoms in total. The highest BCUT2D eigenvalue weighted by atomic mass is 14.7. The van der Waals surface area contributed by atoms with E-state index in [0.717, 1.165) is 50.6 Å². The molecule has 238 valence electrons. The summed E-state index contributed by atoms with van der Waals surface area (Å²) < 4.78 is 0. The minimum Gasteiger partial charge on any atom is -0.265 e. The van der Waals surface area contributed by atoms with Crippen LogP contribution >= 0.6 is 0 Å². The maximum absolute atomic E-state index is 4.98. The van der Waals surface area contributed by atoms with E-state index in [4.69, 9.17) is 15.0 Å². The first-order chi connectivity index (χ1) is 24.5. The van der Waals surface area contributed by atoms with Crippen LogP contribution in [-0.4, -0.2) is 25.4 Å². The Kier molecular flexibility index (Phi) is 7.70. The molecule has 1 spiro atoms. The summed E-state index contributed by atoms with van der Waals surface area (Å²) in [6.07, 6.45) is 9.37. The van der Waals surface area contributed by atoms with E-state index in [1.165, 1.54) is 38.9 Å². The molecule has 0 bridgehead atoms. The molecule has 0 N–H and O–H groups in total. The molecule has 4 heteroatoms. The van der Waals surface area contributed by atoms with Crippen molar-refractivity contribution in [2.45, 2.75) is 12.3 Å². The quantitative estimate of drug-likeness (QED) is 0.148. The van der Waals surface area contributed by atoms with Crippen molar-refractivity contribution in [2.75, 3.05) is 0 Å². The Balaban J connectivity index is 1.36. The van der Waals surface area contributed by atoms with Crippen molar-refractivity contribution < 1.29 is 0 Å². The fourth-order valence-electron chi connectivity index (χ4n) is 7.40. The van der Waals surface area contributed by atoms with Crippen molar-refractivity contribution in [3.63, 3.8) is 0 Å². The molecular formula is C46H34N4. The van der Waals surface area contributed by atoms with Gasteiger partial charge in [0.25, 0.3) is 0 Å². The highest BCUT2D eigenvalue weighted by Gasteiger charge is 2.52. The molecule has 50 heavy (non-hydrogen) atoms. The third-order valence-corrected chi connectivity index (χ3v) is 9.74. The average molecular weight is 643 g/mol. The summed E-state index contributed by atoms with van der Waals surface area (Å²) in [5.74, 6) is 0. The van der Waals surface area contributed by atoms with E-state index in [1.54, 1.807) is 0 Å². The third-order valence-electron chi connectivity index (χ3n) is 9.74. The van der Waals surface area contributed by atoms with Gasteiger partial charge in [0.15, 0.2) is 0 Å². The first-order valence-corrected chi connectivity index (χ1v) is 16.6. The lowest BCUT2D eigenvalue weighted by Crippen LogP contribution is -2.25. The van der Waals surface area contributed by atoms with Crippen molar-refractivity contribution in [1.29, 1.82) is 0 Å². The van der Waals surface area contributed by atoms with Crippen LogP contribution in [0.3, 0.4) is 0 Å². The minimum atomic E-state index is -0.649. The topological polar surface area (TPSA) is 49.4 Å². The summed E-state index contributed by atoms with van der Waals surface area (Å²) in [4.78, 5) is 19.1. The minimum absolute atomic E-state index is 0.649. The maximum atomic E-state index is 4.98. The zero-order valence-electron chi connectivity index (χ0n) is 27.8. The first-order valence-electron chi connectivity index (χ1n) is 16.6. The van der Waals surface area contributed by atoms with E-state index >= 15 is 0 Å². The number of nitrogens with zero attached hydrogens (tertiary/aromatic N) is 4. The molecule has 2 aliphatic carbocycles. The zero-order valence-corrected chi connectivity index (χ0v) is 27.8. The number of hydrogen-bond acceptors (Lipinski definition) is 4. The summed E-state index contributed by atoms with van der Waals surface area (Å²) in [5, 5.41) is 0. The largest absolute Gasteiger partial charge is 0.265 e. The lowest BCUT2D eigenvalue weighted by Gasteiger charge is -2.31. The van der Waals surface area contributed by atoms with Gasteiger partial charge in [-0.05, 0) is 129 Å². The molecule has 8 rings (SSSR count). The molecule has 6 aromatic rings. The fraction of sp³-hybridized carbons (Fsp3) is 0.0435. The molecule has 0 saturated heterocycles. The zero-order chi connectivity index (χ0) is 34.2. The van der Waals surface area contributed by atoms with Crippen LogP contribution in [0.15, 0.2) is 154 Å². The first kappa shape index (κ1) is 30.8. The van der Waals surface area contributed by atoms with Gasteiger partial charge in [0.1, 0.15) is 0 Å². The van der Waals surface area contributed by atoms with Crippen molar-refractivity contribution in [1.82, 2.24) is 0 Å². The lowest BCUT2D eigenvalue weighted by molar-refractivity contribution is 0.794. The fourth-order valence-corrected chi connectivity index (χ4v) is 7.40. The summed E-state index contributed by atoms with van der Waals surface area (Å²) >= 11 is 0. The van der Waals surface area contributed by atoms with Crippen LogP contribution in [0, 0.1) is 0 Å². The Bertz CT molecular complexity index is 2350. The van der Waals surface area contributed by atoms with Gasteiger partial charge in [0, 0.05) is 18.6 Å². The molecule has 0 saturated carbocycles. The van der Waals surface area contributed by atoms with E-state index in [1.807, 2.05) is 68.1 Å². The molecule has 0 heterocycles.